The van der Waals surface area contributed by atoms with E-state index in [4.69, 9.17) is 15.7 Å². The van der Waals surface area contributed by atoms with Gasteiger partial charge in [-0.3, -0.25) is 4.79 Å². The third-order valence-electron chi connectivity index (χ3n) is 3.97. The number of hydrogen-bond donors (Lipinski definition) is 3. The Kier molecular flexibility index (Phi) is 6.88. The van der Waals surface area contributed by atoms with Crippen molar-refractivity contribution in [2.75, 3.05) is 31.2 Å². The smallest absolute Gasteiger partial charge is 0.419 e. The second-order valence-electron chi connectivity index (χ2n) is 6.07. The van der Waals surface area contributed by atoms with E-state index in [1.165, 1.54) is 25.1 Å². The summed E-state index contributed by atoms with van der Waals surface area (Å²) < 4.78 is 45.9. The molecule has 0 aliphatic carbocycles. The number of alkyl halides is 3. The summed E-state index contributed by atoms with van der Waals surface area (Å²) in [4.78, 5) is 14.9. The average Bonchev–Trinajstić information content (AvgIpc) is 2.67. The normalized spacial score (nSPS) is 10.9. The quantitative estimate of drug-likeness (QED) is 0.608. The molecule has 0 saturated heterocycles. The maximum absolute atomic E-state index is 13.5. The number of hydrogen-bond acceptors (Lipinski definition) is 6. The number of pyridine rings is 1. The number of nitrogens with one attached hydrogen (secondary N) is 2. The number of amides is 1. The van der Waals surface area contributed by atoms with Gasteiger partial charge in [0.25, 0.3) is 0 Å². The molecule has 2 rings (SSSR count). The van der Waals surface area contributed by atoms with Crippen molar-refractivity contribution in [3.05, 3.63) is 35.5 Å². The van der Waals surface area contributed by atoms with Crippen LogP contribution in [0, 0.1) is 11.3 Å². The van der Waals surface area contributed by atoms with Gasteiger partial charge in [0.15, 0.2) is 5.69 Å². The lowest BCUT2D eigenvalue weighted by molar-refractivity contribution is -0.138. The Labute approximate surface area is 165 Å². The predicted molar refractivity (Wildman–Crippen MR) is 102 cm³/mol. The molecule has 154 valence electrons. The average molecular weight is 407 g/mol. The van der Waals surface area contributed by atoms with Gasteiger partial charge in [0.2, 0.25) is 5.91 Å². The predicted octanol–water partition coefficient (Wildman–Crippen LogP) is 3.17. The summed E-state index contributed by atoms with van der Waals surface area (Å²) in [6, 6.07) is 6.86. The Bertz CT molecular complexity index is 939. The Morgan fingerprint density at radius 2 is 2.07 bits per heavy atom. The minimum absolute atomic E-state index is 0.00527. The standard InChI is InChI=1S/C19H20F3N5O2/c1-11(28)26-6-3-7-29-17-5-4-12(8-13(17)19(20,21)22)14-9-15(25-2)18(24)16(10-23)27-14/h4-5,8-9H,3,6-7,24H2,1-2H3,(H,25,27)(H,26,28). The number of carbonyl (C=O) groups is 1. The first-order valence-corrected chi connectivity index (χ1v) is 8.64. The van der Waals surface area contributed by atoms with Crippen molar-refractivity contribution in [1.29, 1.82) is 5.26 Å². The van der Waals surface area contributed by atoms with Gasteiger partial charge in [-0.2, -0.15) is 18.4 Å². The lowest BCUT2D eigenvalue weighted by Gasteiger charge is -2.16. The number of benzene rings is 1. The molecular formula is C19H20F3N5O2. The highest BCUT2D eigenvalue weighted by molar-refractivity contribution is 5.77. The molecule has 0 aliphatic heterocycles. The Balaban J connectivity index is 2.35. The Morgan fingerprint density at radius 1 is 1.34 bits per heavy atom. The minimum atomic E-state index is -4.65. The van der Waals surface area contributed by atoms with E-state index in [2.05, 4.69) is 15.6 Å². The molecule has 1 amide bonds. The molecule has 0 bridgehead atoms. The molecule has 0 radical (unpaired) electrons. The van der Waals surface area contributed by atoms with Crippen LogP contribution in [0.3, 0.4) is 0 Å². The number of rotatable bonds is 7. The summed E-state index contributed by atoms with van der Waals surface area (Å²) in [6.07, 6.45) is -4.30. The summed E-state index contributed by atoms with van der Waals surface area (Å²) in [6.45, 7) is 1.66. The van der Waals surface area contributed by atoms with Crippen LogP contribution < -0.4 is 21.1 Å². The summed E-state index contributed by atoms with van der Waals surface area (Å²) in [5, 5.41) is 14.5. The summed E-state index contributed by atoms with van der Waals surface area (Å²) in [5.74, 6) is -0.548. The van der Waals surface area contributed by atoms with Crippen molar-refractivity contribution < 1.29 is 22.7 Å². The molecule has 4 N–H and O–H groups in total. The summed E-state index contributed by atoms with van der Waals surface area (Å²) in [7, 11) is 1.58. The second-order valence-corrected chi connectivity index (χ2v) is 6.07. The van der Waals surface area contributed by atoms with Gasteiger partial charge in [0.05, 0.1) is 29.2 Å². The maximum atomic E-state index is 13.5. The molecule has 1 aromatic carbocycles. The zero-order chi connectivity index (χ0) is 21.6. The molecule has 0 aliphatic rings. The minimum Gasteiger partial charge on any atom is -0.493 e. The van der Waals surface area contributed by atoms with E-state index in [0.29, 0.717) is 18.7 Å². The van der Waals surface area contributed by atoms with E-state index in [0.717, 1.165) is 6.07 Å². The van der Waals surface area contributed by atoms with Crippen LogP contribution in [0.1, 0.15) is 24.6 Å². The third kappa shape index (κ3) is 5.51. The molecule has 1 aromatic heterocycles. The number of halogens is 3. The molecule has 0 saturated carbocycles. The molecule has 29 heavy (non-hydrogen) atoms. The van der Waals surface area contributed by atoms with Gasteiger partial charge in [-0.05, 0) is 30.7 Å². The van der Waals surface area contributed by atoms with Crippen LogP contribution in [0.5, 0.6) is 5.75 Å². The number of nitrogen functional groups attached to an aromatic ring is 1. The van der Waals surface area contributed by atoms with E-state index in [9.17, 15) is 18.0 Å². The lowest BCUT2D eigenvalue weighted by Crippen LogP contribution is -2.22. The largest absolute Gasteiger partial charge is 0.493 e. The van der Waals surface area contributed by atoms with Crippen LogP contribution in [0.25, 0.3) is 11.3 Å². The molecule has 0 unspecified atom stereocenters. The monoisotopic (exact) mass is 407 g/mol. The molecule has 0 spiro atoms. The number of nitrogens with two attached hydrogens (primary N) is 1. The van der Waals surface area contributed by atoms with Crippen molar-refractivity contribution in [3.8, 4) is 23.1 Å². The molecule has 2 aromatic rings. The fourth-order valence-electron chi connectivity index (χ4n) is 2.55. The topological polar surface area (TPSA) is 113 Å². The highest BCUT2D eigenvalue weighted by Gasteiger charge is 2.35. The fourth-order valence-corrected chi connectivity index (χ4v) is 2.55. The number of nitriles is 1. The highest BCUT2D eigenvalue weighted by atomic mass is 19.4. The van der Waals surface area contributed by atoms with Crippen molar-refractivity contribution in [2.45, 2.75) is 19.5 Å². The van der Waals surface area contributed by atoms with Crippen LogP contribution in [-0.2, 0) is 11.0 Å². The number of carbonyl (C=O) groups excluding carboxylic acids is 1. The van der Waals surface area contributed by atoms with Crippen molar-refractivity contribution in [2.24, 2.45) is 0 Å². The molecule has 0 fully saturated rings. The zero-order valence-corrected chi connectivity index (χ0v) is 15.9. The van der Waals surface area contributed by atoms with Gasteiger partial charge in [-0.25, -0.2) is 4.98 Å². The van der Waals surface area contributed by atoms with Gasteiger partial charge in [-0.15, -0.1) is 0 Å². The van der Waals surface area contributed by atoms with Crippen LogP contribution in [-0.4, -0.2) is 31.1 Å². The number of nitrogens with zero attached hydrogens (tertiary/aromatic N) is 2. The maximum Gasteiger partial charge on any atom is 0.419 e. The number of anilines is 2. The first-order chi connectivity index (χ1) is 13.7. The van der Waals surface area contributed by atoms with Crippen LogP contribution >= 0.6 is 0 Å². The molecule has 1 heterocycles. The van der Waals surface area contributed by atoms with E-state index < -0.39 is 11.7 Å². The zero-order valence-electron chi connectivity index (χ0n) is 15.9. The molecular weight excluding hydrogens is 387 g/mol. The first kappa shape index (κ1) is 21.8. The van der Waals surface area contributed by atoms with Crippen molar-refractivity contribution in [1.82, 2.24) is 10.3 Å². The van der Waals surface area contributed by atoms with Gasteiger partial charge >= 0.3 is 6.18 Å². The van der Waals surface area contributed by atoms with Crippen molar-refractivity contribution >= 4 is 17.3 Å². The molecule has 7 nitrogen and oxygen atoms in total. The van der Waals surface area contributed by atoms with Gasteiger partial charge in [0.1, 0.15) is 11.8 Å². The van der Waals surface area contributed by atoms with E-state index in [1.807, 2.05) is 6.07 Å². The third-order valence-corrected chi connectivity index (χ3v) is 3.97. The first-order valence-electron chi connectivity index (χ1n) is 8.64. The van der Waals surface area contributed by atoms with Crippen molar-refractivity contribution in [3.63, 3.8) is 0 Å². The summed E-state index contributed by atoms with van der Waals surface area (Å²) in [5.41, 5.74) is 5.59. The number of aromatic nitrogens is 1. The molecule has 10 heteroatoms. The SMILES string of the molecule is CNc1cc(-c2ccc(OCCCNC(C)=O)c(C(F)(F)F)c2)nc(C#N)c1N. The Morgan fingerprint density at radius 3 is 2.66 bits per heavy atom. The van der Waals surface area contributed by atoms with E-state index in [1.54, 1.807) is 7.05 Å². The molecule has 0 atom stereocenters. The fraction of sp³-hybridized carbons (Fsp3) is 0.316. The highest BCUT2D eigenvalue weighted by Crippen LogP contribution is 2.39. The van der Waals surface area contributed by atoms with Crippen LogP contribution in [0.15, 0.2) is 24.3 Å². The van der Waals surface area contributed by atoms with Gasteiger partial charge in [-0.1, -0.05) is 0 Å². The van der Waals surface area contributed by atoms with E-state index in [-0.39, 0.29) is 40.9 Å². The van der Waals surface area contributed by atoms with Crippen LogP contribution in [0.4, 0.5) is 24.5 Å². The summed E-state index contributed by atoms with van der Waals surface area (Å²) >= 11 is 0. The van der Waals surface area contributed by atoms with Crippen LogP contribution in [0.2, 0.25) is 0 Å². The van der Waals surface area contributed by atoms with Gasteiger partial charge in [0, 0.05) is 26.1 Å². The lowest BCUT2D eigenvalue weighted by atomic mass is 10.0. The van der Waals surface area contributed by atoms with Gasteiger partial charge < -0.3 is 21.1 Å². The second kappa shape index (κ2) is 9.14. The van der Waals surface area contributed by atoms with E-state index >= 15 is 0 Å². The Hall–Kier alpha value is -3.48. The number of ether oxygens (including phenoxy) is 1.